The minimum Gasteiger partial charge on any atom is -0.486 e. The van der Waals surface area contributed by atoms with Crippen LogP contribution < -0.4 is 14.8 Å². The second kappa shape index (κ2) is 9.41. The van der Waals surface area contributed by atoms with Gasteiger partial charge in [-0.1, -0.05) is 6.07 Å². The Morgan fingerprint density at radius 1 is 1.21 bits per heavy atom. The molecule has 1 amide bonds. The predicted molar refractivity (Wildman–Crippen MR) is 115 cm³/mol. The summed E-state index contributed by atoms with van der Waals surface area (Å²) in [5, 5.41) is 11.7. The number of aromatic nitrogens is 3. The number of hydrogen-bond donors (Lipinski definition) is 1. The molecule has 7 nitrogen and oxygen atoms in total. The summed E-state index contributed by atoms with van der Waals surface area (Å²) in [6, 6.07) is 11.3. The summed E-state index contributed by atoms with van der Waals surface area (Å²) in [6.45, 7) is 1.11. The molecule has 0 bridgehead atoms. The highest BCUT2D eigenvalue weighted by molar-refractivity contribution is 8.00. The molecule has 2 aromatic heterocycles. The largest absolute Gasteiger partial charge is 0.486 e. The standard InChI is InChI=1S/C20H22N4O3S2/c1-28-11-7-15(20-23-22-18-4-2-3-8-24(18)20)21-19(25)13-29-14-5-6-16-17(12-14)27-10-9-26-16/h2-6,8,12,15H,7,9-11,13H2,1H3,(H,21,25). The molecule has 152 valence electrons. The normalized spacial score (nSPS) is 14.0. The summed E-state index contributed by atoms with van der Waals surface area (Å²) >= 11 is 3.22. The average Bonchev–Trinajstić information content (AvgIpc) is 3.19. The molecule has 1 aromatic carbocycles. The van der Waals surface area contributed by atoms with E-state index >= 15 is 0 Å². The molecule has 4 rings (SSSR count). The van der Waals surface area contributed by atoms with Crippen molar-refractivity contribution in [2.75, 3.05) is 31.0 Å². The van der Waals surface area contributed by atoms with Crippen molar-refractivity contribution in [3.05, 3.63) is 48.4 Å². The lowest BCUT2D eigenvalue weighted by Gasteiger charge is -2.19. The topological polar surface area (TPSA) is 77.8 Å². The van der Waals surface area contributed by atoms with Gasteiger partial charge in [-0.2, -0.15) is 11.8 Å². The minimum atomic E-state index is -0.187. The number of thioether (sulfide) groups is 2. The third-order valence-electron chi connectivity index (χ3n) is 4.48. The number of nitrogens with one attached hydrogen (secondary N) is 1. The maximum atomic E-state index is 12.7. The second-order valence-electron chi connectivity index (χ2n) is 6.48. The molecule has 0 fully saturated rings. The van der Waals surface area contributed by atoms with Crippen molar-refractivity contribution in [1.29, 1.82) is 0 Å². The number of rotatable bonds is 8. The van der Waals surface area contributed by atoms with E-state index in [1.807, 2.05) is 47.0 Å². The van der Waals surface area contributed by atoms with E-state index in [4.69, 9.17) is 9.47 Å². The first kappa shape index (κ1) is 19.9. The van der Waals surface area contributed by atoms with Crippen LogP contribution in [0.5, 0.6) is 11.5 Å². The highest BCUT2D eigenvalue weighted by atomic mass is 32.2. The number of carbonyl (C=O) groups excluding carboxylic acids is 1. The first-order valence-electron chi connectivity index (χ1n) is 9.35. The van der Waals surface area contributed by atoms with Crippen LogP contribution in [0.3, 0.4) is 0 Å². The fraction of sp³-hybridized carbons (Fsp3) is 0.350. The van der Waals surface area contributed by atoms with Crippen LogP contribution in [-0.4, -0.2) is 51.5 Å². The van der Waals surface area contributed by atoms with Crippen LogP contribution in [-0.2, 0) is 4.79 Å². The van der Waals surface area contributed by atoms with Crippen molar-refractivity contribution in [2.24, 2.45) is 0 Å². The lowest BCUT2D eigenvalue weighted by Crippen LogP contribution is -2.31. The first-order valence-corrected chi connectivity index (χ1v) is 11.7. The molecule has 29 heavy (non-hydrogen) atoms. The third-order valence-corrected chi connectivity index (χ3v) is 6.12. The first-order chi connectivity index (χ1) is 14.2. The molecule has 1 N–H and O–H groups in total. The van der Waals surface area contributed by atoms with Gasteiger partial charge in [0.1, 0.15) is 13.2 Å². The maximum Gasteiger partial charge on any atom is 0.230 e. The number of pyridine rings is 1. The Labute approximate surface area is 177 Å². The van der Waals surface area contributed by atoms with E-state index in [-0.39, 0.29) is 11.9 Å². The molecule has 1 aliphatic heterocycles. The molecular weight excluding hydrogens is 408 g/mol. The molecule has 1 unspecified atom stereocenters. The van der Waals surface area contributed by atoms with E-state index in [1.165, 1.54) is 11.8 Å². The Morgan fingerprint density at radius 2 is 2.07 bits per heavy atom. The van der Waals surface area contributed by atoms with Crippen molar-refractivity contribution >= 4 is 35.1 Å². The molecule has 0 saturated heterocycles. The monoisotopic (exact) mass is 430 g/mol. The summed E-state index contributed by atoms with van der Waals surface area (Å²) in [7, 11) is 0. The Bertz CT molecular complexity index is 995. The van der Waals surface area contributed by atoms with Crippen molar-refractivity contribution in [2.45, 2.75) is 17.4 Å². The summed E-state index contributed by atoms with van der Waals surface area (Å²) in [5.41, 5.74) is 0.775. The number of hydrogen-bond acceptors (Lipinski definition) is 7. The number of carbonyl (C=O) groups is 1. The van der Waals surface area contributed by atoms with E-state index in [0.717, 1.165) is 40.0 Å². The van der Waals surface area contributed by atoms with E-state index in [9.17, 15) is 4.79 Å². The zero-order chi connectivity index (χ0) is 20.1. The number of nitrogens with zero attached hydrogens (tertiary/aromatic N) is 3. The van der Waals surface area contributed by atoms with Gasteiger partial charge >= 0.3 is 0 Å². The molecule has 0 aliphatic carbocycles. The molecular formula is C20H22N4O3S2. The van der Waals surface area contributed by atoms with E-state index in [1.54, 1.807) is 11.8 Å². The average molecular weight is 431 g/mol. The van der Waals surface area contributed by atoms with Gasteiger partial charge in [0, 0.05) is 11.1 Å². The van der Waals surface area contributed by atoms with Gasteiger partial charge in [-0.15, -0.1) is 22.0 Å². The number of benzene rings is 1. The smallest absolute Gasteiger partial charge is 0.230 e. The van der Waals surface area contributed by atoms with Crippen LogP contribution in [0, 0.1) is 0 Å². The Balaban J connectivity index is 1.41. The summed E-state index contributed by atoms with van der Waals surface area (Å²) in [4.78, 5) is 13.6. The SMILES string of the molecule is CSCCC(NC(=O)CSc1ccc2c(c1)OCCO2)c1nnc2ccccn12. The lowest BCUT2D eigenvalue weighted by atomic mass is 10.2. The van der Waals surface area contributed by atoms with Gasteiger partial charge in [0.25, 0.3) is 0 Å². The highest BCUT2D eigenvalue weighted by Gasteiger charge is 2.20. The molecule has 0 radical (unpaired) electrons. The zero-order valence-corrected chi connectivity index (χ0v) is 17.7. The van der Waals surface area contributed by atoms with E-state index in [0.29, 0.717) is 19.0 Å². The third kappa shape index (κ3) is 4.79. The predicted octanol–water partition coefficient (Wildman–Crippen LogP) is 3.20. The summed E-state index contributed by atoms with van der Waals surface area (Å²) in [6.07, 6.45) is 4.77. The van der Waals surface area contributed by atoms with Gasteiger partial charge in [0.05, 0.1) is 11.8 Å². The molecule has 1 aliphatic rings. The van der Waals surface area contributed by atoms with Gasteiger partial charge in [-0.3, -0.25) is 9.20 Å². The van der Waals surface area contributed by atoms with Crippen molar-refractivity contribution in [3.63, 3.8) is 0 Å². The summed E-state index contributed by atoms with van der Waals surface area (Å²) in [5.74, 6) is 3.43. The fourth-order valence-electron chi connectivity index (χ4n) is 3.10. The number of amides is 1. The maximum absolute atomic E-state index is 12.7. The Kier molecular flexibility index (Phi) is 6.46. The van der Waals surface area contributed by atoms with E-state index in [2.05, 4.69) is 21.8 Å². The molecule has 1 atom stereocenters. The van der Waals surface area contributed by atoms with Crippen molar-refractivity contribution in [1.82, 2.24) is 19.9 Å². The van der Waals surface area contributed by atoms with Gasteiger partial charge in [-0.25, -0.2) is 0 Å². The lowest BCUT2D eigenvalue weighted by molar-refractivity contribution is -0.119. The van der Waals surface area contributed by atoms with Gasteiger partial charge in [0.2, 0.25) is 5.91 Å². The quantitative estimate of drug-likeness (QED) is 0.550. The number of ether oxygens (including phenoxy) is 2. The van der Waals surface area contributed by atoms with E-state index < -0.39 is 0 Å². The minimum absolute atomic E-state index is 0.0383. The Hall–Kier alpha value is -2.39. The van der Waals surface area contributed by atoms with Crippen LogP contribution in [0.25, 0.3) is 5.65 Å². The fourth-order valence-corrected chi connectivity index (χ4v) is 4.30. The molecule has 0 spiro atoms. The van der Waals surface area contributed by atoms with Crippen molar-refractivity contribution < 1.29 is 14.3 Å². The van der Waals surface area contributed by atoms with Crippen LogP contribution in [0.2, 0.25) is 0 Å². The van der Waals surface area contributed by atoms with Gasteiger partial charge in [-0.05, 0) is 48.8 Å². The zero-order valence-electron chi connectivity index (χ0n) is 16.0. The molecule has 0 saturated carbocycles. The summed E-state index contributed by atoms with van der Waals surface area (Å²) < 4.78 is 13.1. The molecule has 9 heteroatoms. The number of fused-ring (bicyclic) bond motifs is 2. The van der Waals surface area contributed by atoms with Crippen LogP contribution >= 0.6 is 23.5 Å². The van der Waals surface area contributed by atoms with Gasteiger partial charge < -0.3 is 14.8 Å². The van der Waals surface area contributed by atoms with Gasteiger partial charge in [0.15, 0.2) is 23.0 Å². The van der Waals surface area contributed by atoms with Crippen LogP contribution in [0.1, 0.15) is 18.3 Å². The highest BCUT2D eigenvalue weighted by Crippen LogP contribution is 2.34. The second-order valence-corrected chi connectivity index (χ2v) is 8.52. The van der Waals surface area contributed by atoms with Crippen molar-refractivity contribution in [3.8, 4) is 11.5 Å². The van der Waals surface area contributed by atoms with Crippen LogP contribution in [0.15, 0.2) is 47.5 Å². The van der Waals surface area contributed by atoms with Crippen LogP contribution in [0.4, 0.5) is 0 Å². The molecule has 3 aromatic rings. The Morgan fingerprint density at radius 3 is 2.93 bits per heavy atom. The molecule has 3 heterocycles.